The molecular formula is C9H18N2O3S. The Hall–Kier alpha value is -0.750. The van der Waals surface area contributed by atoms with Crippen LogP contribution in [0, 0.1) is 0 Å². The summed E-state index contributed by atoms with van der Waals surface area (Å²) in [5.41, 5.74) is 5.51. The Labute approximate surface area is 94.1 Å². The molecule has 1 unspecified atom stereocenters. The largest absolute Gasteiger partial charge is 0.468 e. The number of nitrogens with two attached hydrogens (primary N) is 1. The van der Waals surface area contributed by atoms with E-state index in [1.807, 2.05) is 6.92 Å². The second-order valence-corrected chi connectivity index (χ2v) is 4.06. The van der Waals surface area contributed by atoms with Crippen LogP contribution in [0.3, 0.4) is 0 Å². The van der Waals surface area contributed by atoms with Gasteiger partial charge in [-0.15, -0.1) is 0 Å². The number of nitrogens with one attached hydrogen (secondary N) is 1. The first-order valence-electron chi connectivity index (χ1n) is 4.79. The number of ether oxygens (including phenoxy) is 1. The first-order chi connectivity index (χ1) is 7.11. The van der Waals surface area contributed by atoms with Crippen LogP contribution in [-0.2, 0) is 14.3 Å². The molecule has 0 spiro atoms. The number of amides is 1. The first kappa shape index (κ1) is 14.2. The fourth-order valence-electron chi connectivity index (χ4n) is 0.880. The Bertz CT molecular complexity index is 212. The van der Waals surface area contributed by atoms with Crippen LogP contribution in [0.15, 0.2) is 0 Å². The van der Waals surface area contributed by atoms with Gasteiger partial charge in [-0.3, -0.25) is 9.59 Å². The van der Waals surface area contributed by atoms with Gasteiger partial charge in [0.05, 0.1) is 7.11 Å². The minimum Gasteiger partial charge on any atom is -0.468 e. The maximum Gasteiger partial charge on any atom is 0.323 e. The molecule has 0 rings (SSSR count). The van der Waals surface area contributed by atoms with Gasteiger partial charge in [0, 0.05) is 24.5 Å². The van der Waals surface area contributed by atoms with Gasteiger partial charge in [-0.05, 0) is 6.92 Å². The van der Waals surface area contributed by atoms with Crippen molar-refractivity contribution in [3.05, 3.63) is 0 Å². The molecule has 0 aliphatic carbocycles. The van der Waals surface area contributed by atoms with Crippen molar-refractivity contribution in [2.75, 3.05) is 25.2 Å². The number of carbonyl (C=O) groups excluding carboxylic acids is 2. The zero-order valence-corrected chi connectivity index (χ0v) is 9.93. The Morgan fingerprint density at radius 1 is 1.53 bits per heavy atom. The minimum absolute atomic E-state index is 0.0247. The minimum atomic E-state index is -0.603. The van der Waals surface area contributed by atoms with Crippen LogP contribution in [-0.4, -0.2) is 43.1 Å². The van der Waals surface area contributed by atoms with Crippen molar-refractivity contribution in [2.45, 2.75) is 19.4 Å². The highest BCUT2D eigenvalue weighted by Gasteiger charge is 2.13. The Morgan fingerprint density at radius 2 is 2.20 bits per heavy atom. The van der Waals surface area contributed by atoms with E-state index in [1.54, 1.807) is 0 Å². The predicted molar refractivity (Wildman–Crippen MR) is 60.6 cm³/mol. The van der Waals surface area contributed by atoms with E-state index in [2.05, 4.69) is 10.1 Å². The van der Waals surface area contributed by atoms with Crippen molar-refractivity contribution >= 4 is 23.6 Å². The molecule has 0 saturated heterocycles. The van der Waals surface area contributed by atoms with Gasteiger partial charge >= 0.3 is 5.97 Å². The summed E-state index contributed by atoms with van der Waals surface area (Å²) >= 11 is 1.47. The van der Waals surface area contributed by atoms with Gasteiger partial charge in [0.15, 0.2) is 0 Å². The number of carbonyl (C=O) groups is 2. The number of esters is 1. The second kappa shape index (κ2) is 8.55. The lowest BCUT2D eigenvalue weighted by Crippen LogP contribution is -2.34. The van der Waals surface area contributed by atoms with E-state index in [0.717, 1.165) is 0 Å². The lowest BCUT2D eigenvalue weighted by molar-refractivity contribution is -0.141. The molecule has 0 bridgehead atoms. The third kappa shape index (κ3) is 7.21. The van der Waals surface area contributed by atoms with Crippen molar-refractivity contribution < 1.29 is 14.3 Å². The number of thioether (sulfide) groups is 1. The maximum absolute atomic E-state index is 11.0. The van der Waals surface area contributed by atoms with E-state index in [0.29, 0.717) is 24.5 Å². The molecule has 0 aromatic carbocycles. The van der Waals surface area contributed by atoms with E-state index >= 15 is 0 Å². The quantitative estimate of drug-likeness (QED) is 0.469. The standard InChI is InChI=1S/C9H18N2O3S/c1-3-11-8(12)4-5-15-6-7(10)9(13)14-2/h7H,3-6,10H2,1-2H3,(H,11,12). The summed E-state index contributed by atoms with van der Waals surface area (Å²) in [6.45, 7) is 2.52. The molecule has 0 aliphatic rings. The van der Waals surface area contributed by atoms with E-state index in [4.69, 9.17) is 5.73 Å². The summed E-state index contributed by atoms with van der Waals surface area (Å²) < 4.78 is 4.47. The molecule has 1 atom stereocenters. The van der Waals surface area contributed by atoms with Crippen LogP contribution in [0.4, 0.5) is 0 Å². The van der Waals surface area contributed by atoms with Gasteiger partial charge in [-0.2, -0.15) is 11.8 Å². The maximum atomic E-state index is 11.0. The predicted octanol–water partition coefficient (Wildman–Crippen LogP) is -0.254. The van der Waals surface area contributed by atoms with Crippen molar-refractivity contribution in [1.82, 2.24) is 5.32 Å². The molecule has 0 saturated carbocycles. The van der Waals surface area contributed by atoms with Crippen LogP contribution in [0.25, 0.3) is 0 Å². The zero-order chi connectivity index (χ0) is 11.7. The average molecular weight is 234 g/mol. The number of hydrogen-bond acceptors (Lipinski definition) is 5. The molecule has 0 heterocycles. The second-order valence-electron chi connectivity index (χ2n) is 2.91. The SMILES string of the molecule is CCNC(=O)CCSCC(N)C(=O)OC. The average Bonchev–Trinajstić information content (AvgIpc) is 2.23. The molecule has 0 radical (unpaired) electrons. The summed E-state index contributed by atoms with van der Waals surface area (Å²) in [5.74, 6) is 0.750. The normalized spacial score (nSPS) is 11.9. The van der Waals surface area contributed by atoms with Crippen LogP contribution in [0.1, 0.15) is 13.3 Å². The topological polar surface area (TPSA) is 81.4 Å². The zero-order valence-electron chi connectivity index (χ0n) is 9.12. The molecule has 1 amide bonds. The lowest BCUT2D eigenvalue weighted by Gasteiger charge is -2.08. The van der Waals surface area contributed by atoms with Crippen molar-refractivity contribution in [3.8, 4) is 0 Å². The summed E-state index contributed by atoms with van der Waals surface area (Å²) in [4.78, 5) is 21.9. The fraction of sp³-hybridized carbons (Fsp3) is 0.778. The van der Waals surface area contributed by atoms with Crippen molar-refractivity contribution in [2.24, 2.45) is 5.73 Å². The van der Waals surface area contributed by atoms with E-state index in [-0.39, 0.29) is 5.91 Å². The monoisotopic (exact) mass is 234 g/mol. The van der Waals surface area contributed by atoms with Gasteiger partial charge in [0.25, 0.3) is 0 Å². The molecule has 5 nitrogen and oxygen atoms in total. The van der Waals surface area contributed by atoms with Gasteiger partial charge in [-0.25, -0.2) is 0 Å². The summed E-state index contributed by atoms with van der Waals surface area (Å²) in [7, 11) is 1.31. The molecule has 0 aliphatic heterocycles. The highest BCUT2D eigenvalue weighted by Crippen LogP contribution is 2.04. The highest BCUT2D eigenvalue weighted by molar-refractivity contribution is 7.99. The number of methoxy groups -OCH3 is 1. The molecule has 0 aromatic heterocycles. The number of hydrogen-bond donors (Lipinski definition) is 2. The van der Waals surface area contributed by atoms with Crippen LogP contribution >= 0.6 is 11.8 Å². The fourth-order valence-corrected chi connectivity index (χ4v) is 1.77. The molecule has 0 aromatic rings. The van der Waals surface area contributed by atoms with Gasteiger partial charge in [-0.1, -0.05) is 0 Å². The van der Waals surface area contributed by atoms with Crippen LogP contribution in [0.5, 0.6) is 0 Å². The van der Waals surface area contributed by atoms with Crippen LogP contribution < -0.4 is 11.1 Å². The summed E-state index contributed by atoms with van der Waals surface area (Å²) in [5, 5.41) is 2.69. The molecule has 3 N–H and O–H groups in total. The molecule has 88 valence electrons. The smallest absolute Gasteiger partial charge is 0.323 e. The Morgan fingerprint density at radius 3 is 2.73 bits per heavy atom. The van der Waals surface area contributed by atoms with E-state index in [1.165, 1.54) is 18.9 Å². The first-order valence-corrected chi connectivity index (χ1v) is 5.95. The summed E-state index contributed by atoms with van der Waals surface area (Å²) in [6.07, 6.45) is 0.451. The molecular weight excluding hydrogens is 216 g/mol. The molecule has 6 heteroatoms. The third-order valence-electron chi connectivity index (χ3n) is 1.65. The molecule has 15 heavy (non-hydrogen) atoms. The Balaban J connectivity index is 3.46. The van der Waals surface area contributed by atoms with E-state index < -0.39 is 12.0 Å². The van der Waals surface area contributed by atoms with Crippen molar-refractivity contribution in [3.63, 3.8) is 0 Å². The van der Waals surface area contributed by atoms with Gasteiger partial charge < -0.3 is 15.8 Å². The number of rotatable bonds is 7. The van der Waals surface area contributed by atoms with E-state index in [9.17, 15) is 9.59 Å². The van der Waals surface area contributed by atoms with Gasteiger partial charge in [0.2, 0.25) is 5.91 Å². The molecule has 0 fully saturated rings. The third-order valence-corrected chi connectivity index (χ3v) is 2.74. The van der Waals surface area contributed by atoms with Gasteiger partial charge in [0.1, 0.15) is 6.04 Å². The van der Waals surface area contributed by atoms with Crippen LogP contribution in [0.2, 0.25) is 0 Å². The highest BCUT2D eigenvalue weighted by atomic mass is 32.2. The van der Waals surface area contributed by atoms with Crippen molar-refractivity contribution in [1.29, 1.82) is 0 Å². The Kier molecular flexibility index (Phi) is 8.12. The summed E-state index contributed by atoms with van der Waals surface area (Å²) in [6, 6.07) is -0.603. The lowest BCUT2D eigenvalue weighted by atomic mass is 10.4.